The van der Waals surface area contributed by atoms with Crippen molar-refractivity contribution in [1.82, 2.24) is 15.0 Å². The highest BCUT2D eigenvalue weighted by Crippen LogP contribution is 2.25. The topological polar surface area (TPSA) is 69.2 Å². The number of anilines is 1. The Morgan fingerprint density at radius 3 is 2.48 bits per heavy atom. The Hall–Kier alpha value is -2.08. The number of hydrogen-bond donors (Lipinski definition) is 1. The normalized spacial score (nSPS) is 10.6. The van der Waals surface area contributed by atoms with E-state index in [2.05, 4.69) is 20.3 Å². The lowest BCUT2D eigenvalue weighted by atomic mass is 10.2. The Labute approximate surface area is 128 Å². The monoisotopic (exact) mass is 308 g/mol. The van der Waals surface area contributed by atoms with Gasteiger partial charge in [-0.15, -0.1) is 4.98 Å². The van der Waals surface area contributed by atoms with Crippen molar-refractivity contribution in [2.24, 2.45) is 0 Å². The zero-order chi connectivity index (χ0) is 15.4. The van der Waals surface area contributed by atoms with Crippen LogP contribution in [0.5, 0.6) is 17.8 Å². The van der Waals surface area contributed by atoms with E-state index in [1.54, 1.807) is 19.2 Å². The van der Waals surface area contributed by atoms with Crippen LogP contribution in [0.15, 0.2) is 18.2 Å². The second-order valence-electron chi connectivity index (χ2n) is 4.65. The molecule has 0 aliphatic heterocycles. The maximum Gasteiger partial charge on any atom is 0.330 e. The summed E-state index contributed by atoms with van der Waals surface area (Å²) in [5.74, 6) is 0.974. The zero-order valence-corrected chi connectivity index (χ0v) is 13.1. The Morgan fingerprint density at radius 2 is 1.86 bits per heavy atom. The molecule has 1 aromatic carbocycles. The molecule has 21 heavy (non-hydrogen) atoms. The zero-order valence-electron chi connectivity index (χ0n) is 12.3. The van der Waals surface area contributed by atoms with Crippen LogP contribution in [-0.2, 0) is 0 Å². The second-order valence-corrected chi connectivity index (χ2v) is 5.06. The fourth-order valence-corrected chi connectivity index (χ4v) is 1.66. The van der Waals surface area contributed by atoms with E-state index in [-0.39, 0.29) is 18.1 Å². The van der Waals surface area contributed by atoms with Crippen LogP contribution >= 0.6 is 11.6 Å². The molecule has 0 bridgehead atoms. The molecule has 2 aromatic rings. The Kier molecular flexibility index (Phi) is 4.80. The third-order valence-corrected chi connectivity index (χ3v) is 2.92. The number of nitrogens with one attached hydrogen (secondary N) is 1. The van der Waals surface area contributed by atoms with Gasteiger partial charge in [-0.25, -0.2) is 0 Å². The molecular formula is C14H17ClN4O2. The van der Waals surface area contributed by atoms with E-state index in [1.165, 1.54) is 0 Å². The van der Waals surface area contributed by atoms with E-state index in [9.17, 15) is 0 Å². The molecule has 6 nitrogen and oxygen atoms in total. The average molecular weight is 309 g/mol. The van der Waals surface area contributed by atoms with E-state index >= 15 is 0 Å². The summed E-state index contributed by atoms with van der Waals surface area (Å²) in [5.41, 5.74) is 0.913. The third-order valence-electron chi connectivity index (χ3n) is 2.50. The first-order chi connectivity index (χ1) is 9.97. The van der Waals surface area contributed by atoms with E-state index < -0.39 is 0 Å². The SMILES string of the molecule is CNc1nc(Oc2ccc(Cl)c(C)c2)nc(OC(C)C)n1. The summed E-state index contributed by atoms with van der Waals surface area (Å²) in [4.78, 5) is 12.4. The van der Waals surface area contributed by atoms with Crippen LogP contribution in [0, 0.1) is 6.92 Å². The maximum atomic E-state index is 5.99. The molecule has 0 fully saturated rings. The summed E-state index contributed by atoms with van der Waals surface area (Å²) in [6, 6.07) is 5.70. The Morgan fingerprint density at radius 1 is 1.14 bits per heavy atom. The largest absolute Gasteiger partial charge is 0.461 e. The van der Waals surface area contributed by atoms with Gasteiger partial charge in [0, 0.05) is 12.1 Å². The summed E-state index contributed by atoms with van der Waals surface area (Å²) in [5, 5.41) is 3.52. The van der Waals surface area contributed by atoms with Gasteiger partial charge in [0.1, 0.15) is 5.75 Å². The molecule has 0 amide bonds. The van der Waals surface area contributed by atoms with E-state index in [1.807, 2.05) is 26.8 Å². The van der Waals surface area contributed by atoms with Gasteiger partial charge in [0.2, 0.25) is 5.95 Å². The minimum absolute atomic E-state index is 0.0391. The van der Waals surface area contributed by atoms with Gasteiger partial charge in [-0.05, 0) is 44.5 Å². The first kappa shape index (κ1) is 15.3. The van der Waals surface area contributed by atoms with Crippen LogP contribution in [0.2, 0.25) is 5.02 Å². The molecule has 1 N–H and O–H groups in total. The van der Waals surface area contributed by atoms with E-state index in [0.29, 0.717) is 16.7 Å². The molecule has 112 valence electrons. The van der Waals surface area contributed by atoms with E-state index in [0.717, 1.165) is 5.56 Å². The predicted molar refractivity (Wildman–Crippen MR) is 81.4 cm³/mol. The molecule has 0 saturated carbocycles. The van der Waals surface area contributed by atoms with Crippen LogP contribution in [-0.4, -0.2) is 28.1 Å². The molecule has 0 unspecified atom stereocenters. The average Bonchev–Trinajstić information content (AvgIpc) is 2.42. The first-order valence-electron chi connectivity index (χ1n) is 6.52. The summed E-state index contributed by atoms with van der Waals surface area (Å²) in [7, 11) is 1.71. The smallest absolute Gasteiger partial charge is 0.330 e. The molecule has 1 aromatic heterocycles. The maximum absolute atomic E-state index is 5.99. The van der Waals surface area contributed by atoms with Crippen LogP contribution < -0.4 is 14.8 Å². The molecule has 0 saturated heterocycles. The number of halogens is 1. The molecule has 0 aliphatic carbocycles. The van der Waals surface area contributed by atoms with Gasteiger partial charge in [0.05, 0.1) is 6.10 Å². The van der Waals surface area contributed by atoms with Gasteiger partial charge in [-0.3, -0.25) is 0 Å². The highest BCUT2D eigenvalue weighted by molar-refractivity contribution is 6.31. The number of aromatic nitrogens is 3. The number of hydrogen-bond acceptors (Lipinski definition) is 6. The van der Waals surface area contributed by atoms with Crippen LogP contribution in [0.4, 0.5) is 5.95 Å². The molecule has 0 aliphatic rings. The van der Waals surface area contributed by atoms with Crippen LogP contribution in [0.3, 0.4) is 0 Å². The minimum Gasteiger partial charge on any atom is -0.461 e. The van der Waals surface area contributed by atoms with Gasteiger partial charge in [0.15, 0.2) is 0 Å². The summed E-state index contributed by atoms with van der Waals surface area (Å²) < 4.78 is 11.1. The highest BCUT2D eigenvalue weighted by atomic mass is 35.5. The lowest BCUT2D eigenvalue weighted by Gasteiger charge is -2.11. The van der Waals surface area contributed by atoms with Gasteiger partial charge in [-0.2, -0.15) is 9.97 Å². The van der Waals surface area contributed by atoms with Crippen molar-refractivity contribution >= 4 is 17.5 Å². The lowest BCUT2D eigenvalue weighted by Crippen LogP contribution is -2.11. The second kappa shape index (κ2) is 6.58. The molecule has 2 rings (SSSR count). The first-order valence-corrected chi connectivity index (χ1v) is 6.90. The van der Waals surface area contributed by atoms with Crippen molar-refractivity contribution in [3.63, 3.8) is 0 Å². The lowest BCUT2D eigenvalue weighted by molar-refractivity contribution is 0.218. The van der Waals surface area contributed by atoms with Crippen LogP contribution in [0.1, 0.15) is 19.4 Å². The number of ether oxygens (including phenoxy) is 2. The molecule has 0 spiro atoms. The van der Waals surface area contributed by atoms with E-state index in [4.69, 9.17) is 21.1 Å². The van der Waals surface area contributed by atoms with Gasteiger partial charge in [-0.1, -0.05) is 11.6 Å². The highest BCUT2D eigenvalue weighted by Gasteiger charge is 2.10. The number of aryl methyl sites for hydroxylation is 1. The number of rotatable bonds is 5. The van der Waals surface area contributed by atoms with Crippen LogP contribution in [0.25, 0.3) is 0 Å². The Balaban J connectivity index is 2.27. The molecule has 1 heterocycles. The van der Waals surface area contributed by atoms with Crippen molar-refractivity contribution in [3.8, 4) is 17.8 Å². The van der Waals surface area contributed by atoms with Gasteiger partial charge >= 0.3 is 12.0 Å². The number of benzene rings is 1. The molecule has 0 atom stereocenters. The standard InChI is InChI=1S/C14H17ClN4O2/c1-8(2)20-13-17-12(16-4)18-14(19-13)21-10-5-6-11(15)9(3)7-10/h5-8H,1-4H3,(H,16,17,18,19). The minimum atomic E-state index is -0.0391. The fourth-order valence-electron chi connectivity index (χ4n) is 1.55. The molecular weight excluding hydrogens is 292 g/mol. The van der Waals surface area contributed by atoms with Crippen molar-refractivity contribution in [1.29, 1.82) is 0 Å². The predicted octanol–water partition coefficient (Wildman–Crippen LogP) is 3.45. The van der Waals surface area contributed by atoms with Crippen molar-refractivity contribution in [2.45, 2.75) is 26.9 Å². The summed E-state index contributed by atoms with van der Waals surface area (Å²) in [6.07, 6.45) is -0.0391. The fraction of sp³-hybridized carbons (Fsp3) is 0.357. The van der Waals surface area contributed by atoms with Crippen molar-refractivity contribution in [2.75, 3.05) is 12.4 Å². The third kappa shape index (κ3) is 4.19. The van der Waals surface area contributed by atoms with Crippen molar-refractivity contribution < 1.29 is 9.47 Å². The molecule has 0 radical (unpaired) electrons. The summed E-state index contributed by atoms with van der Waals surface area (Å²) in [6.45, 7) is 5.69. The number of nitrogens with zero attached hydrogens (tertiary/aromatic N) is 3. The van der Waals surface area contributed by atoms with Gasteiger partial charge in [0.25, 0.3) is 0 Å². The van der Waals surface area contributed by atoms with Gasteiger partial charge < -0.3 is 14.8 Å². The molecule has 7 heteroatoms. The Bertz CT molecular complexity index is 634. The quantitative estimate of drug-likeness (QED) is 0.912. The van der Waals surface area contributed by atoms with Crippen molar-refractivity contribution in [3.05, 3.63) is 28.8 Å². The summed E-state index contributed by atoms with van der Waals surface area (Å²) >= 11 is 5.99.